The lowest BCUT2D eigenvalue weighted by atomic mass is 9.67. The van der Waals surface area contributed by atoms with Crippen LogP contribution in [0.3, 0.4) is 0 Å². The Bertz CT molecular complexity index is 273. The van der Waals surface area contributed by atoms with E-state index < -0.39 is 17.0 Å². The van der Waals surface area contributed by atoms with Crippen LogP contribution in [-0.4, -0.2) is 21.8 Å². The third kappa shape index (κ3) is 3.71. The molecular formula is C15H28O3. The SMILES string of the molecule is CC(C)C(C)(O)CC1(C(=O)O)CCCCCCC1. The van der Waals surface area contributed by atoms with Gasteiger partial charge in [-0.3, -0.25) is 4.79 Å². The third-order valence-corrected chi connectivity index (χ3v) is 4.70. The Morgan fingerprint density at radius 1 is 1.17 bits per heavy atom. The van der Waals surface area contributed by atoms with Gasteiger partial charge < -0.3 is 10.2 Å². The second-order valence-electron chi connectivity index (χ2n) is 6.54. The van der Waals surface area contributed by atoms with Crippen molar-refractivity contribution in [3.8, 4) is 0 Å². The normalized spacial score (nSPS) is 24.1. The van der Waals surface area contributed by atoms with Gasteiger partial charge >= 0.3 is 5.97 Å². The van der Waals surface area contributed by atoms with Crippen molar-refractivity contribution in [1.82, 2.24) is 0 Å². The van der Waals surface area contributed by atoms with Crippen molar-refractivity contribution < 1.29 is 15.0 Å². The lowest BCUT2D eigenvalue weighted by Gasteiger charge is -2.39. The predicted molar refractivity (Wildman–Crippen MR) is 72.5 cm³/mol. The van der Waals surface area contributed by atoms with Crippen molar-refractivity contribution in [3.63, 3.8) is 0 Å². The Morgan fingerprint density at radius 3 is 2.00 bits per heavy atom. The highest BCUT2D eigenvalue weighted by Gasteiger charge is 2.44. The third-order valence-electron chi connectivity index (χ3n) is 4.70. The number of hydrogen-bond acceptors (Lipinski definition) is 2. The highest BCUT2D eigenvalue weighted by molar-refractivity contribution is 5.74. The van der Waals surface area contributed by atoms with Crippen molar-refractivity contribution in [2.24, 2.45) is 11.3 Å². The summed E-state index contributed by atoms with van der Waals surface area (Å²) in [6.07, 6.45) is 7.22. The zero-order valence-electron chi connectivity index (χ0n) is 12.0. The highest BCUT2D eigenvalue weighted by Crippen LogP contribution is 2.42. The Balaban J connectivity index is 2.87. The maximum Gasteiger partial charge on any atom is 0.309 e. The molecule has 3 nitrogen and oxygen atoms in total. The molecule has 1 aliphatic carbocycles. The Kier molecular flexibility index (Phi) is 5.20. The second-order valence-corrected chi connectivity index (χ2v) is 6.54. The molecule has 1 rings (SSSR count). The average molecular weight is 256 g/mol. The molecule has 0 bridgehead atoms. The minimum atomic E-state index is -0.891. The molecule has 1 atom stereocenters. The Hall–Kier alpha value is -0.570. The minimum absolute atomic E-state index is 0.0826. The van der Waals surface area contributed by atoms with Gasteiger partial charge in [-0.1, -0.05) is 46.0 Å². The van der Waals surface area contributed by atoms with Gasteiger partial charge in [-0.25, -0.2) is 0 Å². The first-order chi connectivity index (χ1) is 8.30. The average Bonchev–Trinajstić information content (AvgIpc) is 2.21. The van der Waals surface area contributed by atoms with Crippen molar-refractivity contribution in [2.45, 2.75) is 77.7 Å². The maximum atomic E-state index is 11.7. The molecule has 1 aliphatic rings. The van der Waals surface area contributed by atoms with Crippen molar-refractivity contribution in [3.05, 3.63) is 0 Å². The van der Waals surface area contributed by atoms with Crippen LogP contribution < -0.4 is 0 Å². The fourth-order valence-electron chi connectivity index (χ4n) is 2.94. The lowest BCUT2D eigenvalue weighted by molar-refractivity contribution is -0.156. The van der Waals surface area contributed by atoms with Gasteiger partial charge in [0.2, 0.25) is 0 Å². The number of aliphatic carboxylic acids is 1. The fourth-order valence-corrected chi connectivity index (χ4v) is 2.94. The van der Waals surface area contributed by atoms with E-state index in [2.05, 4.69) is 0 Å². The second kappa shape index (κ2) is 6.05. The van der Waals surface area contributed by atoms with E-state index in [0.717, 1.165) is 25.7 Å². The topological polar surface area (TPSA) is 57.5 Å². The molecule has 0 heterocycles. The zero-order chi connectivity index (χ0) is 13.8. The molecule has 0 aromatic carbocycles. The van der Waals surface area contributed by atoms with Crippen LogP contribution in [0.2, 0.25) is 0 Å². The molecule has 18 heavy (non-hydrogen) atoms. The smallest absolute Gasteiger partial charge is 0.309 e. The minimum Gasteiger partial charge on any atom is -0.481 e. The molecule has 0 aliphatic heterocycles. The van der Waals surface area contributed by atoms with Gasteiger partial charge in [-0.15, -0.1) is 0 Å². The molecular weight excluding hydrogens is 228 g/mol. The van der Waals surface area contributed by atoms with E-state index in [9.17, 15) is 15.0 Å². The maximum absolute atomic E-state index is 11.7. The molecule has 0 radical (unpaired) electrons. The molecule has 0 spiro atoms. The van der Waals surface area contributed by atoms with Gasteiger partial charge in [0, 0.05) is 0 Å². The monoisotopic (exact) mass is 256 g/mol. The van der Waals surface area contributed by atoms with Crippen molar-refractivity contribution >= 4 is 5.97 Å². The summed E-state index contributed by atoms with van der Waals surface area (Å²) >= 11 is 0. The van der Waals surface area contributed by atoms with Crippen LogP contribution in [0.1, 0.15) is 72.1 Å². The van der Waals surface area contributed by atoms with Gasteiger partial charge in [-0.2, -0.15) is 0 Å². The Labute approximate surface area is 111 Å². The van der Waals surface area contributed by atoms with Crippen LogP contribution in [0.15, 0.2) is 0 Å². The fraction of sp³-hybridized carbons (Fsp3) is 0.933. The molecule has 106 valence electrons. The first-order valence-electron chi connectivity index (χ1n) is 7.26. The van der Waals surface area contributed by atoms with E-state index in [-0.39, 0.29) is 5.92 Å². The first-order valence-corrected chi connectivity index (χ1v) is 7.26. The van der Waals surface area contributed by atoms with E-state index in [1.807, 2.05) is 13.8 Å². The van der Waals surface area contributed by atoms with Crippen molar-refractivity contribution in [1.29, 1.82) is 0 Å². The van der Waals surface area contributed by atoms with Crippen LogP contribution in [0.5, 0.6) is 0 Å². The van der Waals surface area contributed by atoms with Gasteiger partial charge in [0.25, 0.3) is 0 Å². The van der Waals surface area contributed by atoms with Gasteiger partial charge in [0.05, 0.1) is 11.0 Å². The van der Waals surface area contributed by atoms with E-state index in [1.165, 1.54) is 6.42 Å². The van der Waals surface area contributed by atoms with Gasteiger partial charge in [0.15, 0.2) is 0 Å². The number of hydrogen-bond donors (Lipinski definition) is 2. The lowest BCUT2D eigenvalue weighted by Crippen LogP contribution is -2.43. The largest absolute Gasteiger partial charge is 0.481 e. The summed E-state index contributed by atoms with van der Waals surface area (Å²) in [6, 6.07) is 0. The summed E-state index contributed by atoms with van der Waals surface area (Å²) in [5, 5.41) is 20.1. The van der Waals surface area contributed by atoms with E-state index in [1.54, 1.807) is 6.92 Å². The van der Waals surface area contributed by atoms with E-state index in [0.29, 0.717) is 19.3 Å². The van der Waals surface area contributed by atoms with Crippen LogP contribution in [0.25, 0.3) is 0 Å². The number of carboxylic acids is 1. The van der Waals surface area contributed by atoms with E-state index in [4.69, 9.17) is 0 Å². The number of rotatable bonds is 4. The predicted octanol–water partition coefficient (Wildman–Crippen LogP) is 3.60. The molecule has 0 aromatic heterocycles. The highest BCUT2D eigenvalue weighted by atomic mass is 16.4. The molecule has 1 fully saturated rings. The number of carbonyl (C=O) groups is 1. The summed E-state index contributed by atoms with van der Waals surface area (Å²) in [4.78, 5) is 11.7. The summed E-state index contributed by atoms with van der Waals surface area (Å²) in [6.45, 7) is 5.69. The molecule has 0 aromatic rings. The number of aliphatic hydroxyl groups is 1. The van der Waals surface area contributed by atoms with Crippen LogP contribution in [0.4, 0.5) is 0 Å². The molecule has 0 saturated heterocycles. The molecule has 1 saturated carbocycles. The van der Waals surface area contributed by atoms with Gasteiger partial charge in [-0.05, 0) is 32.1 Å². The number of carboxylic acid groups (broad SMARTS) is 1. The zero-order valence-corrected chi connectivity index (χ0v) is 12.0. The molecule has 2 N–H and O–H groups in total. The Morgan fingerprint density at radius 2 is 1.61 bits per heavy atom. The van der Waals surface area contributed by atoms with Crippen molar-refractivity contribution in [2.75, 3.05) is 0 Å². The molecule has 1 unspecified atom stereocenters. The molecule has 3 heteroatoms. The first kappa shape index (κ1) is 15.5. The van der Waals surface area contributed by atoms with E-state index >= 15 is 0 Å². The van der Waals surface area contributed by atoms with Crippen LogP contribution in [-0.2, 0) is 4.79 Å². The van der Waals surface area contributed by atoms with Crippen LogP contribution >= 0.6 is 0 Å². The summed E-state index contributed by atoms with van der Waals surface area (Å²) < 4.78 is 0. The quantitative estimate of drug-likeness (QED) is 0.808. The van der Waals surface area contributed by atoms with Gasteiger partial charge in [0.1, 0.15) is 0 Å². The summed E-state index contributed by atoms with van der Waals surface area (Å²) in [5.41, 5.74) is -1.61. The summed E-state index contributed by atoms with van der Waals surface area (Å²) in [5.74, 6) is -0.635. The van der Waals surface area contributed by atoms with Crippen LogP contribution in [0, 0.1) is 11.3 Å². The molecule has 0 amide bonds. The standard InChI is InChI=1S/C15H28O3/c1-12(2)14(3,18)11-15(13(16)17)9-7-5-4-6-8-10-15/h12,18H,4-11H2,1-3H3,(H,16,17). The summed E-state index contributed by atoms with van der Waals surface area (Å²) in [7, 11) is 0.